The molecule has 1 aromatic heterocycles. The minimum absolute atomic E-state index is 0.308. The van der Waals surface area contributed by atoms with Crippen molar-refractivity contribution in [1.82, 2.24) is 24.6 Å². The number of rotatable bonds is 5. The molecular formula is C21H31N5O. The van der Waals surface area contributed by atoms with E-state index in [1.807, 2.05) is 13.4 Å². The molecule has 0 spiro atoms. The number of benzene rings is 1. The fourth-order valence-electron chi connectivity index (χ4n) is 4.39. The van der Waals surface area contributed by atoms with E-state index in [0.717, 1.165) is 71.0 Å². The summed E-state index contributed by atoms with van der Waals surface area (Å²) in [4.78, 5) is 5.13. The van der Waals surface area contributed by atoms with Gasteiger partial charge < -0.3 is 14.2 Å². The van der Waals surface area contributed by atoms with Gasteiger partial charge in [0, 0.05) is 45.8 Å². The molecule has 146 valence electrons. The van der Waals surface area contributed by atoms with Gasteiger partial charge in [0.2, 0.25) is 0 Å². The molecule has 0 unspecified atom stereocenters. The zero-order chi connectivity index (χ0) is 18.5. The van der Waals surface area contributed by atoms with Gasteiger partial charge in [-0.2, -0.15) is 0 Å². The van der Waals surface area contributed by atoms with Gasteiger partial charge in [-0.15, -0.1) is 10.2 Å². The topological polar surface area (TPSA) is 46.4 Å². The van der Waals surface area contributed by atoms with Crippen LogP contribution in [0.5, 0.6) is 0 Å². The molecule has 6 heteroatoms. The van der Waals surface area contributed by atoms with Crippen molar-refractivity contribution in [2.45, 2.75) is 37.8 Å². The summed E-state index contributed by atoms with van der Waals surface area (Å²) in [6.45, 7) is 7.33. The van der Waals surface area contributed by atoms with Crippen LogP contribution >= 0.6 is 0 Å². The monoisotopic (exact) mass is 369 g/mol. The van der Waals surface area contributed by atoms with Crippen LogP contribution in [0.1, 0.15) is 36.6 Å². The largest absolute Gasteiger partial charge is 0.376 e. The zero-order valence-corrected chi connectivity index (χ0v) is 16.3. The second kappa shape index (κ2) is 8.95. The Morgan fingerprint density at radius 2 is 1.89 bits per heavy atom. The van der Waals surface area contributed by atoms with Crippen LogP contribution in [0.2, 0.25) is 0 Å². The summed E-state index contributed by atoms with van der Waals surface area (Å²) < 4.78 is 8.25. The van der Waals surface area contributed by atoms with E-state index in [2.05, 4.69) is 54.9 Å². The third-order valence-electron chi connectivity index (χ3n) is 5.84. The van der Waals surface area contributed by atoms with Crippen molar-refractivity contribution in [3.05, 3.63) is 48.0 Å². The second-order valence-electron chi connectivity index (χ2n) is 7.94. The minimum atomic E-state index is 0.308. The number of nitrogens with zero attached hydrogens (tertiary/aromatic N) is 5. The molecule has 0 radical (unpaired) electrons. The summed E-state index contributed by atoms with van der Waals surface area (Å²) in [5.74, 6) is 1.67. The molecule has 27 heavy (non-hydrogen) atoms. The average molecular weight is 370 g/mol. The van der Waals surface area contributed by atoms with Crippen molar-refractivity contribution < 1.29 is 4.74 Å². The Balaban J connectivity index is 1.28. The molecule has 3 heterocycles. The first-order valence-electron chi connectivity index (χ1n) is 10.2. The van der Waals surface area contributed by atoms with Crippen LogP contribution in [0, 0.1) is 0 Å². The standard InChI is InChI=1S/C21H31N5O/c1-24-17-22-23-21(24)19-8-11-25(12-9-19)15-20-16-26(10-5-13-27-20)14-18-6-3-2-4-7-18/h2-4,6-7,17,19-20H,5,8-16H2,1H3/t20-/m1/s1. The first-order valence-corrected chi connectivity index (χ1v) is 10.2. The molecule has 0 bridgehead atoms. The molecule has 4 rings (SSSR count). The predicted octanol–water partition coefficient (Wildman–Crippen LogP) is 2.29. The molecule has 0 saturated carbocycles. The highest BCUT2D eigenvalue weighted by atomic mass is 16.5. The van der Waals surface area contributed by atoms with Crippen molar-refractivity contribution in [1.29, 1.82) is 0 Å². The molecular weight excluding hydrogens is 338 g/mol. The lowest BCUT2D eigenvalue weighted by atomic mass is 9.95. The number of aromatic nitrogens is 3. The van der Waals surface area contributed by atoms with Gasteiger partial charge in [0.1, 0.15) is 12.2 Å². The normalized spacial score (nSPS) is 23.4. The van der Waals surface area contributed by atoms with Gasteiger partial charge in [0.25, 0.3) is 0 Å². The Kier molecular flexibility index (Phi) is 6.17. The van der Waals surface area contributed by atoms with E-state index in [9.17, 15) is 0 Å². The Morgan fingerprint density at radius 1 is 1.07 bits per heavy atom. The van der Waals surface area contributed by atoms with E-state index in [1.165, 1.54) is 5.56 Å². The summed E-state index contributed by atoms with van der Waals surface area (Å²) >= 11 is 0. The summed E-state index contributed by atoms with van der Waals surface area (Å²) in [6.07, 6.45) is 5.56. The van der Waals surface area contributed by atoms with Crippen molar-refractivity contribution in [3.63, 3.8) is 0 Å². The van der Waals surface area contributed by atoms with Gasteiger partial charge in [-0.1, -0.05) is 30.3 Å². The Labute approximate surface area is 162 Å². The van der Waals surface area contributed by atoms with Crippen LogP contribution in [0.25, 0.3) is 0 Å². The maximum Gasteiger partial charge on any atom is 0.135 e. The number of ether oxygens (including phenoxy) is 1. The molecule has 2 fully saturated rings. The van der Waals surface area contributed by atoms with Crippen LogP contribution in [-0.4, -0.2) is 70.0 Å². The number of hydrogen-bond donors (Lipinski definition) is 0. The first-order chi connectivity index (χ1) is 13.3. The van der Waals surface area contributed by atoms with Crippen LogP contribution < -0.4 is 0 Å². The number of piperidine rings is 1. The smallest absolute Gasteiger partial charge is 0.135 e. The molecule has 2 aliphatic rings. The highest BCUT2D eigenvalue weighted by molar-refractivity contribution is 5.14. The maximum atomic E-state index is 6.18. The third kappa shape index (κ3) is 4.94. The molecule has 2 aliphatic heterocycles. The lowest BCUT2D eigenvalue weighted by molar-refractivity contribution is 0.0200. The lowest BCUT2D eigenvalue weighted by Crippen LogP contribution is -2.43. The fourth-order valence-corrected chi connectivity index (χ4v) is 4.39. The Hall–Kier alpha value is -1.76. The van der Waals surface area contributed by atoms with Crippen molar-refractivity contribution in [2.75, 3.05) is 39.3 Å². The third-order valence-corrected chi connectivity index (χ3v) is 5.84. The Bertz CT molecular complexity index is 696. The SMILES string of the molecule is Cn1cnnc1C1CCN(C[C@@H]2CN(Cc3ccccc3)CCCO2)CC1. The maximum absolute atomic E-state index is 6.18. The first kappa shape index (κ1) is 18.6. The van der Waals surface area contributed by atoms with E-state index in [0.29, 0.717) is 12.0 Å². The van der Waals surface area contributed by atoms with Crippen LogP contribution in [0.15, 0.2) is 36.7 Å². The van der Waals surface area contributed by atoms with Gasteiger partial charge in [-0.3, -0.25) is 4.90 Å². The van der Waals surface area contributed by atoms with Gasteiger partial charge in [-0.05, 0) is 37.9 Å². The van der Waals surface area contributed by atoms with E-state index in [1.54, 1.807) is 0 Å². The van der Waals surface area contributed by atoms with E-state index < -0.39 is 0 Å². The number of hydrogen-bond acceptors (Lipinski definition) is 5. The van der Waals surface area contributed by atoms with Crippen LogP contribution in [0.3, 0.4) is 0 Å². The summed E-state index contributed by atoms with van der Waals surface area (Å²) in [7, 11) is 2.04. The lowest BCUT2D eigenvalue weighted by Gasteiger charge is -2.34. The van der Waals surface area contributed by atoms with E-state index in [-0.39, 0.29) is 0 Å². The molecule has 0 aliphatic carbocycles. The number of likely N-dealkylation sites (tertiary alicyclic amines) is 1. The molecule has 0 N–H and O–H groups in total. The van der Waals surface area contributed by atoms with E-state index in [4.69, 9.17) is 4.74 Å². The molecule has 2 aromatic rings. The highest BCUT2D eigenvalue weighted by Gasteiger charge is 2.27. The van der Waals surface area contributed by atoms with Crippen LogP contribution in [0.4, 0.5) is 0 Å². The molecule has 2 saturated heterocycles. The fraction of sp³-hybridized carbons (Fsp3) is 0.619. The van der Waals surface area contributed by atoms with Gasteiger partial charge in [0.05, 0.1) is 6.10 Å². The minimum Gasteiger partial charge on any atom is -0.376 e. The second-order valence-corrected chi connectivity index (χ2v) is 7.94. The average Bonchev–Trinajstić information content (AvgIpc) is 3.00. The van der Waals surface area contributed by atoms with Gasteiger partial charge >= 0.3 is 0 Å². The molecule has 1 aromatic carbocycles. The Morgan fingerprint density at radius 3 is 2.63 bits per heavy atom. The number of aryl methyl sites for hydroxylation is 1. The quantitative estimate of drug-likeness (QED) is 0.809. The van der Waals surface area contributed by atoms with Crippen LogP contribution in [-0.2, 0) is 18.3 Å². The summed E-state index contributed by atoms with van der Waals surface area (Å²) in [5.41, 5.74) is 1.39. The molecule has 6 nitrogen and oxygen atoms in total. The van der Waals surface area contributed by atoms with Crippen molar-refractivity contribution >= 4 is 0 Å². The van der Waals surface area contributed by atoms with Gasteiger partial charge in [-0.25, -0.2) is 0 Å². The molecule has 1 atom stereocenters. The molecule has 0 amide bonds. The van der Waals surface area contributed by atoms with Crippen molar-refractivity contribution in [2.24, 2.45) is 7.05 Å². The van der Waals surface area contributed by atoms with Crippen molar-refractivity contribution in [3.8, 4) is 0 Å². The summed E-state index contributed by atoms with van der Waals surface area (Å²) in [6, 6.07) is 10.8. The predicted molar refractivity (Wildman–Crippen MR) is 105 cm³/mol. The summed E-state index contributed by atoms with van der Waals surface area (Å²) in [5, 5.41) is 8.34. The highest BCUT2D eigenvalue weighted by Crippen LogP contribution is 2.26. The van der Waals surface area contributed by atoms with Gasteiger partial charge in [0.15, 0.2) is 0 Å². The zero-order valence-electron chi connectivity index (χ0n) is 16.3. The van der Waals surface area contributed by atoms with E-state index >= 15 is 0 Å².